The van der Waals surface area contributed by atoms with Crippen LogP contribution in [0.2, 0.25) is 0 Å². The van der Waals surface area contributed by atoms with Crippen LogP contribution in [-0.2, 0) is 9.59 Å². The fourth-order valence-corrected chi connectivity index (χ4v) is 1.71. The first kappa shape index (κ1) is 16.3. The summed E-state index contributed by atoms with van der Waals surface area (Å²) in [7, 11) is 0. The van der Waals surface area contributed by atoms with Crippen LogP contribution in [0.5, 0.6) is 0 Å². The van der Waals surface area contributed by atoms with Crippen molar-refractivity contribution in [1.29, 1.82) is 0 Å². The van der Waals surface area contributed by atoms with Crippen LogP contribution < -0.4 is 10.6 Å². The summed E-state index contributed by atoms with van der Waals surface area (Å²) in [4.78, 5) is 22.5. The van der Waals surface area contributed by atoms with Crippen LogP contribution >= 0.6 is 12.6 Å². The molecule has 0 spiro atoms. The van der Waals surface area contributed by atoms with Crippen molar-refractivity contribution in [3.8, 4) is 0 Å². The van der Waals surface area contributed by atoms with Gasteiger partial charge < -0.3 is 10.6 Å². The summed E-state index contributed by atoms with van der Waals surface area (Å²) in [6.45, 7) is 6.43. The first-order valence-electron chi connectivity index (χ1n) is 6.13. The fourth-order valence-electron chi connectivity index (χ4n) is 1.45. The highest BCUT2D eigenvalue weighted by atomic mass is 32.1. The van der Waals surface area contributed by atoms with E-state index in [9.17, 15) is 9.59 Å². The van der Waals surface area contributed by atoms with Crippen LogP contribution in [-0.4, -0.2) is 30.2 Å². The van der Waals surface area contributed by atoms with Crippen molar-refractivity contribution in [2.45, 2.75) is 46.1 Å². The molecule has 0 rings (SSSR count). The fraction of sp³-hybridized carbons (Fsp3) is 0.833. The molecule has 0 aromatic carbocycles. The van der Waals surface area contributed by atoms with Gasteiger partial charge in [0.1, 0.15) is 6.04 Å². The number of rotatable bonds is 8. The lowest BCUT2D eigenvalue weighted by Crippen LogP contribution is -2.47. The maximum Gasteiger partial charge on any atom is 0.243 e. The molecule has 0 radical (unpaired) electrons. The van der Waals surface area contributed by atoms with Gasteiger partial charge in [0.15, 0.2) is 0 Å². The lowest BCUT2D eigenvalue weighted by atomic mass is 10.1. The van der Waals surface area contributed by atoms with E-state index in [0.717, 1.165) is 12.8 Å². The van der Waals surface area contributed by atoms with E-state index in [1.54, 1.807) is 0 Å². The monoisotopic (exact) mass is 260 g/mol. The van der Waals surface area contributed by atoms with E-state index in [0.29, 0.717) is 18.2 Å². The molecule has 0 aliphatic carbocycles. The zero-order chi connectivity index (χ0) is 13.3. The number of thiol groups is 1. The van der Waals surface area contributed by atoms with Gasteiger partial charge in [-0.15, -0.1) is 0 Å². The zero-order valence-electron chi connectivity index (χ0n) is 11.0. The Labute approximate surface area is 109 Å². The molecule has 0 saturated heterocycles. The highest BCUT2D eigenvalue weighted by molar-refractivity contribution is 7.80. The van der Waals surface area contributed by atoms with Gasteiger partial charge in [-0.05, 0) is 12.3 Å². The summed E-state index contributed by atoms with van der Waals surface area (Å²) >= 11 is 4.04. The van der Waals surface area contributed by atoms with Crippen molar-refractivity contribution >= 4 is 24.4 Å². The van der Waals surface area contributed by atoms with Crippen LogP contribution in [0.1, 0.15) is 40.0 Å². The minimum Gasteiger partial charge on any atom is -0.354 e. The molecule has 0 aliphatic heterocycles. The Balaban J connectivity index is 3.72. The van der Waals surface area contributed by atoms with Crippen molar-refractivity contribution in [2.24, 2.45) is 5.92 Å². The zero-order valence-corrected chi connectivity index (χ0v) is 11.8. The molecule has 17 heavy (non-hydrogen) atoms. The minimum atomic E-state index is -0.527. The van der Waals surface area contributed by atoms with Crippen molar-refractivity contribution < 1.29 is 9.59 Å². The number of hydrogen-bond donors (Lipinski definition) is 3. The number of carbonyl (C=O) groups is 2. The molecule has 0 bridgehead atoms. The maximum absolute atomic E-state index is 11.6. The molecule has 0 aromatic heterocycles. The van der Waals surface area contributed by atoms with Crippen LogP contribution in [0, 0.1) is 5.92 Å². The second kappa shape index (κ2) is 9.33. The molecule has 0 aromatic rings. The van der Waals surface area contributed by atoms with E-state index in [1.807, 2.05) is 0 Å². The predicted octanol–water partition coefficient (Wildman–Crippen LogP) is 1.36. The minimum absolute atomic E-state index is 0.153. The summed E-state index contributed by atoms with van der Waals surface area (Å²) in [5.74, 6) is 0.659. The maximum atomic E-state index is 11.6. The van der Waals surface area contributed by atoms with Crippen molar-refractivity contribution in [1.82, 2.24) is 10.6 Å². The molecule has 0 aliphatic rings. The van der Waals surface area contributed by atoms with Gasteiger partial charge in [-0.3, -0.25) is 9.59 Å². The third kappa shape index (κ3) is 9.03. The highest BCUT2D eigenvalue weighted by Gasteiger charge is 2.16. The molecular formula is C12H24N2O2S. The van der Waals surface area contributed by atoms with E-state index < -0.39 is 6.04 Å². The summed E-state index contributed by atoms with van der Waals surface area (Å²) in [5, 5.41) is 5.37. The average Bonchev–Trinajstić information content (AvgIpc) is 2.24. The molecule has 2 N–H and O–H groups in total. The van der Waals surface area contributed by atoms with Crippen LogP contribution in [0.3, 0.4) is 0 Å². The number of carbonyl (C=O) groups excluding carboxylic acids is 2. The van der Waals surface area contributed by atoms with Gasteiger partial charge in [-0.1, -0.05) is 26.7 Å². The van der Waals surface area contributed by atoms with E-state index in [1.165, 1.54) is 13.3 Å². The molecule has 5 heteroatoms. The van der Waals surface area contributed by atoms with Crippen molar-refractivity contribution in [3.05, 3.63) is 0 Å². The second-order valence-corrected chi connectivity index (χ2v) is 4.98. The third-order valence-corrected chi connectivity index (χ3v) is 2.75. The SMILES string of the molecule is CC(=O)NC(CS)C(=O)NCCCCC(C)C. The number of unbranched alkanes of at least 4 members (excludes halogenated alkanes) is 1. The Hall–Kier alpha value is -0.710. The van der Waals surface area contributed by atoms with Crippen LogP contribution in [0.25, 0.3) is 0 Å². The summed E-state index contributed by atoms with van der Waals surface area (Å²) < 4.78 is 0. The second-order valence-electron chi connectivity index (χ2n) is 4.62. The van der Waals surface area contributed by atoms with E-state index in [-0.39, 0.29) is 11.8 Å². The van der Waals surface area contributed by atoms with Crippen molar-refractivity contribution in [2.75, 3.05) is 12.3 Å². The molecule has 4 nitrogen and oxygen atoms in total. The van der Waals surface area contributed by atoms with Crippen LogP contribution in [0.4, 0.5) is 0 Å². The van der Waals surface area contributed by atoms with Gasteiger partial charge >= 0.3 is 0 Å². The molecule has 0 saturated carbocycles. The smallest absolute Gasteiger partial charge is 0.243 e. The summed E-state index contributed by atoms with van der Waals surface area (Å²) in [6, 6.07) is -0.527. The van der Waals surface area contributed by atoms with E-state index in [2.05, 4.69) is 37.1 Å². The average molecular weight is 260 g/mol. The molecule has 100 valence electrons. The van der Waals surface area contributed by atoms with Gasteiger partial charge in [-0.25, -0.2) is 0 Å². The van der Waals surface area contributed by atoms with E-state index >= 15 is 0 Å². The summed E-state index contributed by atoms with van der Waals surface area (Å²) in [5.41, 5.74) is 0. The van der Waals surface area contributed by atoms with Gasteiger partial charge in [-0.2, -0.15) is 12.6 Å². The third-order valence-electron chi connectivity index (χ3n) is 2.38. The highest BCUT2D eigenvalue weighted by Crippen LogP contribution is 2.05. The molecular weight excluding hydrogens is 236 g/mol. The molecule has 1 unspecified atom stereocenters. The largest absolute Gasteiger partial charge is 0.354 e. The molecule has 2 amide bonds. The van der Waals surface area contributed by atoms with Gasteiger partial charge in [0.25, 0.3) is 0 Å². The number of nitrogens with one attached hydrogen (secondary N) is 2. The Bertz CT molecular complexity index is 245. The Morgan fingerprint density at radius 1 is 1.24 bits per heavy atom. The molecule has 0 fully saturated rings. The number of hydrogen-bond acceptors (Lipinski definition) is 3. The lowest BCUT2D eigenvalue weighted by molar-refractivity contribution is -0.127. The predicted molar refractivity (Wildman–Crippen MR) is 73.2 cm³/mol. The quantitative estimate of drug-likeness (QED) is 0.456. The molecule has 1 atom stereocenters. The summed E-state index contributed by atoms with van der Waals surface area (Å²) in [6.07, 6.45) is 3.27. The van der Waals surface area contributed by atoms with Crippen molar-refractivity contribution in [3.63, 3.8) is 0 Å². The standard InChI is InChI=1S/C12H24N2O2S/c1-9(2)6-4-5-7-13-12(16)11(8-17)14-10(3)15/h9,11,17H,4-8H2,1-3H3,(H,13,16)(H,14,15). The van der Waals surface area contributed by atoms with Crippen LogP contribution in [0.15, 0.2) is 0 Å². The van der Waals surface area contributed by atoms with Gasteiger partial charge in [0.05, 0.1) is 0 Å². The van der Waals surface area contributed by atoms with E-state index in [4.69, 9.17) is 0 Å². The molecule has 0 heterocycles. The topological polar surface area (TPSA) is 58.2 Å². The Kier molecular flexibility index (Phi) is 8.94. The lowest BCUT2D eigenvalue weighted by Gasteiger charge is -2.15. The first-order valence-corrected chi connectivity index (χ1v) is 6.76. The number of amides is 2. The van der Waals surface area contributed by atoms with Gasteiger partial charge in [0, 0.05) is 19.2 Å². The normalized spacial score (nSPS) is 12.3. The Morgan fingerprint density at radius 3 is 2.35 bits per heavy atom. The van der Waals surface area contributed by atoms with Gasteiger partial charge in [0.2, 0.25) is 11.8 Å². The Morgan fingerprint density at radius 2 is 1.88 bits per heavy atom. The first-order chi connectivity index (χ1) is 7.97.